The number of benzene rings is 1. The SMILES string of the molecule is CCC1SCc2ccc(C(C)C)cc2C1N. The van der Waals surface area contributed by atoms with Gasteiger partial charge >= 0.3 is 0 Å². The first-order valence-electron chi connectivity index (χ1n) is 6.13. The lowest BCUT2D eigenvalue weighted by Gasteiger charge is -2.30. The summed E-state index contributed by atoms with van der Waals surface area (Å²) >= 11 is 2.00. The van der Waals surface area contributed by atoms with Crippen molar-refractivity contribution in [2.75, 3.05) is 0 Å². The molecule has 0 amide bonds. The summed E-state index contributed by atoms with van der Waals surface area (Å²) in [5.74, 6) is 1.71. The van der Waals surface area contributed by atoms with Gasteiger partial charge in [-0.1, -0.05) is 39.0 Å². The summed E-state index contributed by atoms with van der Waals surface area (Å²) in [5, 5.41) is 0.593. The molecule has 1 heterocycles. The summed E-state index contributed by atoms with van der Waals surface area (Å²) in [6.45, 7) is 6.71. The first-order chi connectivity index (χ1) is 7.63. The van der Waals surface area contributed by atoms with E-state index in [-0.39, 0.29) is 6.04 Å². The highest BCUT2D eigenvalue weighted by atomic mass is 32.2. The van der Waals surface area contributed by atoms with Gasteiger partial charge < -0.3 is 5.73 Å². The largest absolute Gasteiger partial charge is 0.323 e. The molecule has 2 atom stereocenters. The van der Waals surface area contributed by atoms with Crippen LogP contribution in [0.4, 0.5) is 0 Å². The highest BCUT2D eigenvalue weighted by Crippen LogP contribution is 2.38. The Morgan fingerprint density at radius 2 is 2.19 bits per heavy atom. The minimum absolute atomic E-state index is 0.220. The van der Waals surface area contributed by atoms with Crippen molar-refractivity contribution in [2.45, 2.75) is 50.2 Å². The number of rotatable bonds is 2. The molecule has 88 valence electrons. The lowest BCUT2D eigenvalue weighted by atomic mass is 9.92. The monoisotopic (exact) mass is 235 g/mol. The quantitative estimate of drug-likeness (QED) is 0.843. The van der Waals surface area contributed by atoms with Crippen molar-refractivity contribution >= 4 is 11.8 Å². The molecule has 0 aromatic heterocycles. The van der Waals surface area contributed by atoms with Crippen molar-refractivity contribution in [3.05, 3.63) is 34.9 Å². The third-order valence-electron chi connectivity index (χ3n) is 3.45. The molecule has 0 saturated heterocycles. The molecule has 2 rings (SSSR count). The van der Waals surface area contributed by atoms with Crippen molar-refractivity contribution in [3.8, 4) is 0 Å². The molecule has 0 bridgehead atoms. The second kappa shape index (κ2) is 4.80. The third-order valence-corrected chi connectivity index (χ3v) is 4.98. The van der Waals surface area contributed by atoms with E-state index in [1.54, 1.807) is 0 Å². The van der Waals surface area contributed by atoms with Crippen LogP contribution in [0.1, 0.15) is 55.8 Å². The van der Waals surface area contributed by atoms with Crippen LogP contribution in [0, 0.1) is 0 Å². The Labute approximate surface area is 103 Å². The summed E-state index contributed by atoms with van der Waals surface area (Å²) in [5.41, 5.74) is 10.6. The van der Waals surface area contributed by atoms with Gasteiger partial charge in [0.15, 0.2) is 0 Å². The van der Waals surface area contributed by atoms with Gasteiger partial charge in [0.25, 0.3) is 0 Å². The maximum atomic E-state index is 6.35. The van der Waals surface area contributed by atoms with Gasteiger partial charge in [-0.05, 0) is 29.0 Å². The number of hydrogen-bond donors (Lipinski definition) is 1. The maximum absolute atomic E-state index is 6.35. The van der Waals surface area contributed by atoms with Gasteiger partial charge in [0.05, 0.1) is 0 Å². The predicted molar refractivity (Wildman–Crippen MR) is 72.8 cm³/mol. The molecular weight excluding hydrogens is 214 g/mol. The van der Waals surface area contributed by atoms with Crippen LogP contribution in [0.5, 0.6) is 0 Å². The third kappa shape index (κ3) is 2.14. The van der Waals surface area contributed by atoms with E-state index in [0.29, 0.717) is 11.2 Å². The van der Waals surface area contributed by atoms with E-state index in [9.17, 15) is 0 Å². The second-order valence-electron chi connectivity index (χ2n) is 4.90. The number of thioether (sulfide) groups is 1. The molecule has 1 aromatic rings. The molecule has 2 heteroatoms. The van der Waals surface area contributed by atoms with E-state index >= 15 is 0 Å². The van der Waals surface area contributed by atoms with Crippen molar-refractivity contribution in [1.29, 1.82) is 0 Å². The Morgan fingerprint density at radius 3 is 2.81 bits per heavy atom. The first-order valence-corrected chi connectivity index (χ1v) is 7.18. The lowest BCUT2D eigenvalue weighted by molar-refractivity contribution is 0.641. The fraction of sp³-hybridized carbons (Fsp3) is 0.571. The zero-order valence-corrected chi connectivity index (χ0v) is 11.2. The van der Waals surface area contributed by atoms with E-state index in [2.05, 4.69) is 39.0 Å². The summed E-state index contributed by atoms with van der Waals surface area (Å²) in [6.07, 6.45) is 1.16. The average molecular weight is 235 g/mol. The molecule has 0 radical (unpaired) electrons. The zero-order chi connectivity index (χ0) is 11.7. The standard InChI is InChI=1S/C14H21NS/c1-4-13-14(15)12-7-10(9(2)3)5-6-11(12)8-16-13/h5-7,9,13-14H,4,8,15H2,1-3H3. The van der Waals surface area contributed by atoms with Crippen LogP contribution >= 0.6 is 11.8 Å². The molecule has 1 aliphatic rings. The van der Waals surface area contributed by atoms with Gasteiger partial charge in [-0.2, -0.15) is 11.8 Å². The summed E-state index contributed by atoms with van der Waals surface area (Å²) in [6, 6.07) is 7.07. The van der Waals surface area contributed by atoms with E-state index in [4.69, 9.17) is 5.73 Å². The molecule has 0 fully saturated rings. The minimum Gasteiger partial charge on any atom is -0.323 e. The average Bonchev–Trinajstić information content (AvgIpc) is 2.29. The fourth-order valence-corrected chi connectivity index (χ4v) is 3.53. The predicted octanol–water partition coefficient (Wildman–Crippen LogP) is 3.84. The smallest absolute Gasteiger partial charge is 0.0418 e. The molecule has 16 heavy (non-hydrogen) atoms. The van der Waals surface area contributed by atoms with Crippen LogP contribution in [0.2, 0.25) is 0 Å². The van der Waals surface area contributed by atoms with Gasteiger partial charge in [-0.25, -0.2) is 0 Å². The summed E-state index contributed by atoms with van der Waals surface area (Å²) in [4.78, 5) is 0. The van der Waals surface area contributed by atoms with Crippen LogP contribution in [-0.2, 0) is 5.75 Å². The van der Waals surface area contributed by atoms with Crippen molar-refractivity contribution in [1.82, 2.24) is 0 Å². The Kier molecular flexibility index (Phi) is 3.60. The molecule has 1 nitrogen and oxygen atoms in total. The van der Waals surface area contributed by atoms with Gasteiger partial charge in [0, 0.05) is 17.0 Å². The normalized spacial score (nSPS) is 24.6. The van der Waals surface area contributed by atoms with Crippen LogP contribution in [0.3, 0.4) is 0 Å². The molecule has 1 aliphatic heterocycles. The van der Waals surface area contributed by atoms with Crippen molar-refractivity contribution in [3.63, 3.8) is 0 Å². The molecule has 0 aliphatic carbocycles. The Morgan fingerprint density at radius 1 is 1.44 bits per heavy atom. The van der Waals surface area contributed by atoms with E-state index in [1.165, 1.54) is 16.7 Å². The number of nitrogens with two attached hydrogens (primary N) is 1. The first kappa shape index (κ1) is 12.0. The number of hydrogen-bond acceptors (Lipinski definition) is 2. The molecular formula is C14H21NS. The van der Waals surface area contributed by atoms with E-state index < -0.39 is 0 Å². The molecule has 0 spiro atoms. The van der Waals surface area contributed by atoms with Crippen molar-refractivity contribution in [2.24, 2.45) is 5.73 Å². The molecule has 1 aromatic carbocycles. The minimum atomic E-state index is 0.220. The van der Waals surface area contributed by atoms with Crippen LogP contribution in [-0.4, -0.2) is 5.25 Å². The van der Waals surface area contributed by atoms with Gasteiger partial charge in [-0.3, -0.25) is 0 Å². The highest BCUT2D eigenvalue weighted by molar-refractivity contribution is 7.99. The lowest BCUT2D eigenvalue weighted by Crippen LogP contribution is -2.27. The van der Waals surface area contributed by atoms with E-state index in [1.807, 2.05) is 11.8 Å². The summed E-state index contributed by atoms with van der Waals surface area (Å²) < 4.78 is 0. The zero-order valence-electron chi connectivity index (χ0n) is 10.4. The Balaban J connectivity index is 2.36. The van der Waals surface area contributed by atoms with Crippen LogP contribution < -0.4 is 5.73 Å². The van der Waals surface area contributed by atoms with Gasteiger partial charge in [0.1, 0.15) is 0 Å². The van der Waals surface area contributed by atoms with Crippen molar-refractivity contribution < 1.29 is 0 Å². The van der Waals surface area contributed by atoms with Crippen LogP contribution in [0.25, 0.3) is 0 Å². The van der Waals surface area contributed by atoms with E-state index in [0.717, 1.165) is 12.2 Å². The summed E-state index contributed by atoms with van der Waals surface area (Å²) in [7, 11) is 0. The molecule has 2 N–H and O–H groups in total. The van der Waals surface area contributed by atoms with Crippen LogP contribution in [0.15, 0.2) is 18.2 Å². The molecule has 0 saturated carbocycles. The highest BCUT2D eigenvalue weighted by Gasteiger charge is 2.26. The molecule has 2 unspecified atom stereocenters. The number of fused-ring (bicyclic) bond motifs is 1. The second-order valence-corrected chi connectivity index (χ2v) is 6.12. The van der Waals surface area contributed by atoms with Gasteiger partial charge in [-0.15, -0.1) is 0 Å². The fourth-order valence-electron chi connectivity index (χ4n) is 2.29. The van der Waals surface area contributed by atoms with Gasteiger partial charge in [0.2, 0.25) is 0 Å². The topological polar surface area (TPSA) is 26.0 Å². The Hall–Kier alpha value is -0.470. The maximum Gasteiger partial charge on any atom is 0.0418 e. The Bertz CT molecular complexity index is 373.